The van der Waals surface area contributed by atoms with Crippen LogP contribution in [-0.2, 0) is 0 Å². The van der Waals surface area contributed by atoms with Gasteiger partial charge >= 0.3 is 0 Å². The molecule has 20 heavy (non-hydrogen) atoms. The van der Waals surface area contributed by atoms with Crippen molar-refractivity contribution in [1.29, 1.82) is 0 Å². The topological polar surface area (TPSA) is 37.3 Å². The Hall–Kier alpha value is -1.72. The van der Waals surface area contributed by atoms with Crippen molar-refractivity contribution in [2.45, 2.75) is 13.0 Å². The van der Waals surface area contributed by atoms with E-state index in [0.717, 1.165) is 17.0 Å². The molecule has 0 spiro atoms. The second kappa shape index (κ2) is 5.34. The Morgan fingerprint density at radius 2 is 2.25 bits per heavy atom. The smallest absolute Gasteiger partial charge is 0.153 e. The maximum atomic E-state index is 13.1. The van der Waals surface area contributed by atoms with E-state index in [-0.39, 0.29) is 11.9 Å². The van der Waals surface area contributed by atoms with Gasteiger partial charge in [0, 0.05) is 16.1 Å². The fraction of sp³-hybridized carbons (Fsp3) is 0.143. The molecule has 2 aromatic rings. The van der Waals surface area contributed by atoms with Gasteiger partial charge in [0.15, 0.2) is 5.84 Å². The Morgan fingerprint density at radius 3 is 2.95 bits per heavy atom. The second-order valence-electron chi connectivity index (χ2n) is 4.44. The molecule has 0 aliphatic carbocycles. The normalized spacial score (nSPS) is 18.2. The Morgan fingerprint density at radius 1 is 1.40 bits per heavy atom. The lowest BCUT2D eigenvalue weighted by Crippen LogP contribution is -2.27. The number of nitrogens with zero attached hydrogens (tertiary/aromatic N) is 2. The van der Waals surface area contributed by atoms with E-state index in [9.17, 15) is 4.39 Å². The first-order chi connectivity index (χ1) is 9.63. The maximum absolute atomic E-state index is 13.1. The van der Waals surface area contributed by atoms with E-state index in [2.05, 4.69) is 15.3 Å². The minimum Gasteiger partial charge on any atom is -0.343 e. The summed E-state index contributed by atoms with van der Waals surface area (Å²) < 4.78 is 13.1. The molecule has 3 rings (SSSR count). The van der Waals surface area contributed by atoms with Crippen LogP contribution in [0.4, 0.5) is 4.39 Å². The first-order valence-electron chi connectivity index (χ1n) is 6.00. The third-order valence-electron chi connectivity index (χ3n) is 2.95. The number of rotatable bonds is 2. The van der Waals surface area contributed by atoms with Crippen LogP contribution in [0.5, 0.6) is 0 Å². The standard InChI is InChI=1S/C14H11ClFN3S/c1-8-4-12(10-3-2-9(16)5-11(10)15)19-14(18-8)13-6-20-7-17-13/h2-7,12H,1H3,(H,18,19). The Bertz CT molecular complexity index is 694. The number of allylic oxidation sites excluding steroid dienone is 1. The molecule has 0 fully saturated rings. The summed E-state index contributed by atoms with van der Waals surface area (Å²) >= 11 is 7.62. The molecule has 2 heterocycles. The van der Waals surface area contributed by atoms with Gasteiger partial charge < -0.3 is 5.32 Å². The van der Waals surface area contributed by atoms with Gasteiger partial charge in [-0.3, -0.25) is 4.99 Å². The molecule has 1 aliphatic rings. The predicted octanol–water partition coefficient (Wildman–Crippen LogP) is 3.93. The van der Waals surface area contributed by atoms with Gasteiger partial charge in [0.05, 0.1) is 11.6 Å². The molecule has 0 bridgehead atoms. The molecular formula is C14H11ClFN3S. The molecule has 0 saturated heterocycles. The highest BCUT2D eigenvalue weighted by molar-refractivity contribution is 7.07. The van der Waals surface area contributed by atoms with Gasteiger partial charge in [-0.25, -0.2) is 9.37 Å². The quantitative estimate of drug-likeness (QED) is 0.912. The second-order valence-corrected chi connectivity index (χ2v) is 5.56. The van der Waals surface area contributed by atoms with Crippen LogP contribution in [0.15, 0.2) is 45.9 Å². The highest BCUT2D eigenvalue weighted by atomic mass is 35.5. The molecule has 1 aromatic heterocycles. The monoisotopic (exact) mass is 307 g/mol. The Labute approximate surface area is 124 Å². The molecule has 0 saturated carbocycles. The summed E-state index contributed by atoms with van der Waals surface area (Å²) in [5.74, 6) is 0.355. The highest BCUT2D eigenvalue weighted by Gasteiger charge is 2.19. The summed E-state index contributed by atoms with van der Waals surface area (Å²) in [7, 11) is 0. The number of benzene rings is 1. The summed E-state index contributed by atoms with van der Waals surface area (Å²) in [4.78, 5) is 8.85. The van der Waals surface area contributed by atoms with Crippen molar-refractivity contribution in [2.75, 3.05) is 0 Å². The number of aliphatic imine (C=N–C) groups is 1. The molecule has 1 unspecified atom stereocenters. The average molecular weight is 308 g/mol. The first kappa shape index (κ1) is 13.3. The minimum atomic E-state index is -0.350. The van der Waals surface area contributed by atoms with E-state index < -0.39 is 0 Å². The fourth-order valence-corrected chi connectivity index (χ4v) is 2.85. The van der Waals surface area contributed by atoms with E-state index in [0.29, 0.717) is 10.9 Å². The predicted molar refractivity (Wildman–Crippen MR) is 79.7 cm³/mol. The summed E-state index contributed by atoms with van der Waals surface area (Å²) in [5.41, 5.74) is 4.30. The number of hydrogen-bond donors (Lipinski definition) is 1. The van der Waals surface area contributed by atoms with Crippen LogP contribution in [0.2, 0.25) is 5.02 Å². The maximum Gasteiger partial charge on any atom is 0.153 e. The number of aromatic nitrogens is 1. The first-order valence-corrected chi connectivity index (χ1v) is 7.32. The van der Waals surface area contributed by atoms with Crippen molar-refractivity contribution in [2.24, 2.45) is 4.99 Å². The largest absolute Gasteiger partial charge is 0.343 e. The van der Waals surface area contributed by atoms with Gasteiger partial charge in [-0.2, -0.15) is 0 Å². The summed E-state index contributed by atoms with van der Waals surface area (Å²) in [5, 5.41) is 5.49. The number of nitrogens with one attached hydrogen (secondary N) is 1. The van der Waals surface area contributed by atoms with Crippen LogP contribution in [0.1, 0.15) is 24.2 Å². The van der Waals surface area contributed by atoms with Gasteiger partial charge in [-0.05, 0) is 30.7 Å². The summed E-state index contributed by atoms with van der Waals surface area (Å²) in [6.07, 6.45) is 1.95. The van der Waals surface area contributed by atoms with Gasteiger partial charge in [0.2, 0.25) is 0 Å². The van der Waals surface area contributed by atoms with Crippen LogP contribution < -0.4 is 5.32 Å². The zero-order valence-corrected chi connectivity index (χ0v) is 12.2. The molecule has 0 radical (unpaired) electrons. The van der Waals surface area contributed by atoms with Gasteiger partial charge in [-0.1, -0.05) is 17.7 Å². The fourth-order valence-electron chi connectivity index (χ4n) is 2.03. The van der Waals surface area contributed by atoms with E-state index in [4.69, 9.17) is 11.6 Å². The van der Waals surface area contributed by atoms with E-state index in [1.165, 1.54) is 23.5 Å². The van der Waals surface area contributed by atoms with Crippen molar-refractivity contribution in [3.05, 3.63) is 63.0 Å². The van der Waals surface area contributed by atoms with Gasteiger partial charge in [-0.15, -0.1) is 11.3 Å². The van der Waals surface area contributed by atoms with E-state index in [1.54, 1.807) is 11.6 Å². The highest BCUT2D eigenvalue weighted by Crippen LogP contribution is 2.30. The van der Waals surface area contributed by atoms with Crippen LogP contribution in [0, 0.1) is 5.82 Å². The summed E-state index contributed by atoms with van der Waals surface area (Å²) in [6, 6.07) is 4.13. The van der Waals surface area contributed by atoms with Crippen LogP contribution >= 0.6 is 22.9 Å². The van der Waals surface area contributed by atoms with E-state index in [1.807, 2.05) is 18.4 Å². The average Bonchev–Trinajstić information content (AvgIpc) is 2.91. The minimum absolute atomic E-state index is 0.235. The molecule has 0 amide bonds. The molecule has 6 heteroatoms. The molecule has 1 aliphatic heterocycles. The zero-order chi connectivity index (χ0) is 14.1. The van der Waals surface area contributed by atoms with Crippen LogP contribution in [-0.4, -0.2) is 10.8 Å². The number of amidine groups is 1. The number of hydrogen-bond acceptors (Lipinski definition) is 4. The zero-order valence-electron chi connectivity index (χ0n) is 10.6. The lowest BCUT2D eigenvalue weighted by molar-refractivity contribution is 0.626. The van der Waals surface area contributed by atoms with Crippen molar-refractivity contribution in [3.63, 3.8) is 0 Å². The number of thiazole rings is 1. The molecule has 3 nitrogen and oxygen atoms in total. The van der Waals surface area contributed by atoms with Gasteiger partial charge in [0.25, 0.3) is 0 Å². The Balaban J connectivity index is 2.01. The van der Waals surface area contributed by atoms with Gasteiger partial charge in [0.1, 0.15) is 11.5 Å². The summed E-state index contributed by atoms with van der Waals surface area (Å²) in [6.45, 7) is 1.95. The van der Waals surface area contributed by atoms with Crippen molar-refractivity contribution in [3.8, 4) is 0 Å². The Kier molecular flexibility index (Phi) is 3.54. The van der Waals surface area contributed by atoms with Crippen molar-refractivity contribution >= 4 is 28.8 Å². The lowest BCUT2D eigenvalue weighted by Gasteiger charge is -2.20. The molecular weight excluding hydrogens is 297 g/mol. The molecule has 1 N–H and O–H groups in total. The van der Waals surface area contributed by atoms with E-state index >= 15 is 0 Å². The third kappa shape index (κ3) is 2.59. The SMILES string of the molecule is CC1=CC(c2ccc(F)cc2Cl)N=C(c2cscn2)N1. The molecule has 1 aromatic carbocycles. The van der Waals surface area contributed by atoms with Crippen molar-refractivity contribution < 1.29 is 4.39 Å². The number of halogens is 2. The molecule has 1 atom stereocenters. The molecule has 102 valence electrons. The van der Waals surface area contributed by atoms with Crippen molar-refractivity contribution in [1.82, 2.24) is 10.3 Å². The van der Waals surface area contributed by atoms with Crippen LogP contribution in [0.25, 0.3) is 0 Å². The third-order valence-corrected chi connectivity index (χ3v) is 3.86. The van der Waals surface area contributed by atoms with Crippen LogP contribution in [0.3, 0.4) is 0 Å². The lowest BCUT2D eigenvalue weighted by atomic mass is 10.0.